The highest BCUT2D eigenvalue weighted by atomic mass is 16.3. The number of fused-ring (bicyclic) bond motifs is 6. The van der Waals surface area contributed by atoms with Crippen molar-refractivity contribution in [3.05, 3.63) is 200 Å². The predicted octanol–water partition coefficient (Wildman–Crippen LogP) is 14.4. The summed E-state index contributed by atoms with van der Waals surface area (Å²) in [5, 5.41) is 7.13. The molecule has 0 aliphatic carbocycles. The Labute approximate surface area is 302 Å². The van der Waals surface area contributed by atoms with Crippen molar-refractivity contribution in [2.24, 2.45) is 0 Å². The summed E-state index contributed by atoms with van der Waals surface area (Å²) in [4.78, 5) is 2.36. The molecule has 9 aromatic carbocycles. The molecule has 10 aromatic rings. The van der Waals surface area contributed by atoms with Crippen LogP contribution in [0.15, 0.2) is 205 Å². The van der Waals surface area contributed by atoms with Crippen LogP contribution in [0.1, 0.15) is 0 Å². The highest BCUT2D eigenvalue weighted by Crippen LogP contribution is 2.43. The average molecular weight is 664 g/mol. The van der Waals surface area contributed by atoms with Gasteiger partial charge in [0, 0.05) is 27.8 Å². The maximum absolute atomic E-state index is 6.20. The number of para-hydroxylation sites is 2. The molecule has 0 N–H and O–H groups in total. The van der Waals surface area contributed by atoms with E-state index >= 15 is 0 Å². The van der Waals surface area contributed by atoms with Crippen LogP contribution in [-0.2, 0) is 0 Å². The van der Waals surface area contributed by atoms with Gasteiger partial charge in [-0.15, -0.1) is 0 Å². The molecule has 0 bridgehead atoms. The number of nitrogens with zero attached hydrogens (tertiary/aromatic N) is 1. The van der Waals surface area contributed by atoms with Crippen molar-refractivity contribution < 1.29 is 4.42 Å². The lowest BCUT2D eigenvalue weighted by atomic mass is 9.91. The molecule has 2 heteroatoms. The summed E-state index contributed by atoms with van der Waals surface area (Å²) in [6, 6.07) is 71.8. The van der Waals surface area contributed by atoms with Crippen molar-refractivity contribution >= 4 is 60.5 Å². The Hall–Kier alpha value is -6.90. The van der Waals surface area contributed by atoms with Crippen LogP contribution in [0.5, 0.6) is 0 Å². The second-order valence-corrected chi connectivity index (χ2v) is 13.4. The Morgan fingerprint density at radius 1 is 0.308 bits per heavy atom. The smallest absolute Gasteiger partial charge is 0.136 e. The van der Waals surface area contributed by atoms with Crippen molar-refractivity contribution in [3.63, 3.8) is 0 Å². The zero-order valence-electron chi connectivity index (χ0n) is 28.4. The lowest BCUT2D eigenvalue weighted by Crippen LogP contribution is -2.10. The minimum Gasteiger partial charge on any atom is -0.456 e. The Kier molecular flexibility index (Phi) is 7.18. The topological polar surface area (TPSA) is 16.4 Å². The molecule has 0 fully saturated rings. The second-order valence-electron chi connectivity index (χ2n) is 13.4. The Bertz CT molecular complexity index is 2890. The number of benzene rings is 9. The molecule has 10 rings (SSSR count). The highest BCUT2D eigenvalue weighted by Gasteiger charge is 2.18. The number of hydrogen-bond donors (Lipinski definition) is 0. The van der Waals surface area contributed by atoms with Crippen LogP contribution in [0.25, 0.3) is 76.9 Å². The molecule has 0 saturated heterocycles. The lowest BCUT2D eigenvalue weighted by molar-refractivity contribution is 0.669. The molecule has 0 amide bonds. The molecular weight excluding hydrogens is 631 g/mol. The van der Waals surface area contributed by atoms with Crippen LogP contribution in [0, 0.1) is 0 Å². The van der Waals surface area contributed by atoms with Crippen LogP contribution in [-0.4, -0.2) is 0 Å². The summed E-state index contributed by atoms with van der Waals surface area (Å²) in [5.74, 6) is 0. The van der Waals surface area contributed by atoms with E-state index in [0.29, 0.717) is 0 Å². The van der Waals surface area contributed by atoms with Gasteiger partial charge in [0.1, 0.15) is 11.2 Å². The number of rotatable bonds is 6. The molecule has 0 atom stereocenters. The van der Waals surface area contributed by atoms with Gasteiger partial charge in [-0.3, -0.25) is 0 Å². The van der Waals surface area contributed by atoms with Gasteiger partial charge in [-0.05, 0) is 116 Å². The molecule has 0 aliphatic rings. The van der Waals surface area contributed by atoms with E-state index in [-0.39, 0.29) is 0 Å². The van der Waals surface area contributed by atoms with Crippen LogP contribution < -0.4 is 4.90 Å². The molecule has 244 valence electrons. The van der Waals surface area contributed by atoms with Crippen LogP contribution in [0.2, 0.25) is 0 Å². The fraction of sp³-hybridized carbons (Fsp3) is 0. The van der Waals surface area contributed by atoms with E-state index in [0.717, 1.165) is 33.6 Å². The van der Waals surface area contributed by atoms with Gasteiger partial charge < -0.3 is 9.32 Å². The first-order valence-electron chi connectivity index (χ1n) is 17.8. The minimum atomic E-state index is 0.919. The summed E-state index contributed by atoms with van der Waals surface area (Å²) in [5.41, 5.74) is 12.3. The highest BCUT2D eigenvalue weighted by molar-refractivity contribution is 6.19. The largest absolute Gasteiger partial charge is 0.456 e. The van der Waals surface area contributed by atoms with E-state index in [4.69, 9.17) is 4.42 Å². The maximum atomic E-state index is 6.20. The number of furan rings is 1. The Morgan fingerprint density at radius 2 is 0.923 bits per heavy atom. The first-order chi connectivity index (χ1) is 25.8. The quantitative estimate of drug-likeness (QED) is 0.176. The van der Waals surface area contributed by atoms with Gasteiger partial charge in [0.05, 0.1) is 0 Å². The van der Waals surface area contributed by atoms with Crippen molar-refractivity contribution in [3.8, 4) is 33.4 Å². The van der Waals surface area contributed by atoms with E-state index in [2.05, 4.69) is 193 Å². The third-order valence-electron chi connectivity index (χ3n) is 10.2. The monoisotopic (exact) mass is 663 g/mol. The Morgan fingerprint density at radius 3 is 1.75 bits per heavy atom. The van der Waals surface area contributed by atoms with Crippen molar-refractivity contribution in [2.45, 2.75) is 0 Å². The maximum Gasteiger partial charge on any atom is 0.136 e. The SMILES string of the molecule is c1ccc(-c2ccc3cc(N(c4ccccc4)c4ccc(-c5ccc6c(ccc7oc8ccccc8c76)c5)c(-c5ccccc5)c4)ccc3c2)cc1. The van der Waals surface area contributed by atoms with Crippen LogP contribution in [0.3, 0.4) is 0 Å². The van der Waals surface area contributed by atoms with Gasteiger partial charge in [0.25, 0.3) is 0 Å². The van der Waals surface area contributed by atoms with Crippen molar-refractivity contribution in [1.29, 1.82) is 0 Å². The summed E-state index contributed by atoms with van der Waals surface area (Å²) in [7, 11) is 0. The molecule has 52 heavy (non-hydrogen) atoms. The zero-order chi connectivity index (χ0) is 34.4. The number of hydrogen-bond acceptors (Lipinski definition) is 2. The van der Waals surface area contributed by atoms with E-state index in [1.165, 1.54) is 60.3 Å². The lowest BCUT2D eigenvalue weighted by Gasteiger charge is -2.27. The second kappa shape index (κ2) is 12.5. The van der Waals surface area contributed by atoms with E-state index in [1.807, 2.05) is 12.1 Å². The van der Waals surface area contributed by atoms with Crippen LogP contribution in [0.4, 0.5) is 17.1 Å². The van der Waals surface area contributed by atoms with E-state index < -0.39 is 0 Å². The fourth-order valence-corrected chi connectivity index (χ4v) is 7.71. The molecule has 0 unspecified atom stereocenters. The number of anilines is 3. The molecule has 0 saturated carbocycles. The molecule has 1 heterocycles. The van der Waals surface area contributed by atoms with E-state index in [1.54, 1.807) is 0 Å². The molecule has 1 aromatic heterocycles. The van der Waals surface area contributed by atoms with E-state index in [9.17, 15) is 0 Å². The van der Waals surface area contributed by atoms with Gasteiger partial charge in [-0.25, -0.2) is 0 Å². The molecule has 0 aliphatic heterocycles. The van der Waals surface area contributed by atoms with Gasteiger partial charge in [0.15, 0.2) is 0 Å². The molecule has 2 nitrogen and oxygen atoms in total. The standard InChI is InChI=1S/C50H33NO/c1-4-12-34(13-5-1)36-20-21-38-32-42(25-22-37(38)30-36)51(41-16-8-3-9-17-41)43-26-28-44(47(33-43)35-14-6-2-7-15-35)39-23-27-45-40(31-39)24-29-49-50(45)46-18-10-11-19-48(46)52-49/h1-33H. The Balaban J connectivity index is 1.12. The van der Waals surface area contributed by atoms with Crippen LogP contribution >= 0.6 is 0 Å². The molecular formula is C50H33NO. The summed E-state index contributed by atoms with van der Waals surface area (Å²) >= 11 is 0. The molecule has 0 radical (unpaired) electrons. The minimum absolute atomic E-state index is 0.919. The average Bonchev–Trinajstić information content (AvgIpc) is 3.61. The molecule has 0 spiro atoms. The zero-order valence-corrected chi connectivity index (χ0v) is 28.4. The summed E-state index contributed by atoms with van der Waals surface area (Å²) in [6.45, 7) is 0. The van der Waals surface area contributed by atoms with Gasteiger partial charge in [-0.1, -0.05) is 140 Å². The fourth-order valence-electron chi connectivity index (χ4n) is 7.71. The van der Waals surface area contributed by atoms with Gasteiger partial charge >= 0.3 is 0 Å². The first-order valence-corrected chi connectivity index (χ1v) is 17.8. The normalized spacial score (nSPS) is 11.5. The predicted molar refractivity (Wildman–Crippen MR) is 220 cm³/mol. The third kappa shape index (κ3) is 5.21. The van der Waals surface area contributed by atoms with Crippen molar-refractivity contribution in [2.75, 3.05) is 4.90 Å². The van der Waals surface area contributed by atoms with Crippen molar-refractivity contribution in [1.82, 2.24) is 0 Å². The summed E-state index contributed by atoms with van der Waals surface area (Å²) in [6.07, 6.45) is 0. The third-order valence-corrected chi connectivity index (χ3v) is 10.2. The first kappa shape index (κ1) is 30.0. The summed E-state index contributed by atoms with van der Waals surface area (Å²) < 4.78 is 6.20. The van der Waals surface area contributed by atoms with Gasteiger partial charge in [-0.2, -0.15) is 0 Å². The van der Waals surface area contributed by atoms with Gasteiger partial charge in [0.2, 0.25) is 0 Å².